The first-order valence-corrected chi connectivity index (χ1v) is 12.0. The van der Waals surface area contributed by atoms with Crippen molar-refractivity contribution in [1.29, 1.82) is 0 Å². The Morgan fingerprint density at radius 1 is 1.07 bits per heavy atom. The highest BCUT2D eigenvalue weighted by atomic mass is 79.9. The zero-order valence-corrected chi connectivity index (χ0v) is 18.7. The number of rotatable bonds is 4. The van der Waals surface area contributed by atoms with Gasteiger partial charge in [-0.25, -0.2) is 8.42 Å². The van der Waals surface area contributed by atoms with Crippen LogP contribution in [0.5, 0.6) is 0 Å². The van der Waals surface area contributed by atoms with E-state index in [9.17, 15) is 18.0 Å². The van der Waals surface area contributed by atoms with Gasteiger partial charge in [0, 0.05) is 42.8 Å². The molecule has 0 spiro atoms. The second-order valence-electron chi connectivity index (χ2n) is 6.75. The van der Waals surface area contributed by atoms with Crippen LogP contribution in [0.4, 0.5) is 0 Å². The van der Waals surface area contributed by atoms with Gasteiger partial charge >= 0.3 is 0 Å². The number of thiophene rings is 1. The molecular formula is C19H18BrN3O4S2. The fourth-order valence-corrected chi connectivity index (χ4v) is 7.10. The summed E-state index contributed by atoms with van der Waals surface area (Å²) in [5.41, 5.74) is 1.83. The number of halogens is 1. The van der Waals surface area contributed by atoms with Crippen molar-refractivity contribution in [3.05, 3.63) is 51.4 Å². The highest BCUT2D eigenvalue weighted by Crippen LogP contribution is 2.29. The van der Waals surface area contributed by atoms with Gasteiger partial charge in [0.15, 0.2) is 0 Å². The molecule has 7 nitrogen and oxygen atoms in total. The fourth-order valence-electron chi connectivity index (χ4n) is 3.51. The predicted octanol–water partition coefficient (Wildman–Crippen LogP) is 3.02. The van der Waals surface area contributed by atoms with Crippen LogP contribution < -0.4 is 0 Å². The van der Waals surface area contributed by atoms with E-state index in [0.717, 1.165) is 20.6 Å². The lowest BCUT2D eigenvalue weighted by molar-refractivity contribution is -0.127. The minimum Gasteiger partial charge on any atom is -0.358 e. The molecule has 152 valence electrons. The summed E-state index contributed by atoms with van der Waals surface area (Å²) in [5, 5.41) is 0.716. The minimum absolute atomic E-state index is 0.156. The van der Waals surface area contributed by atoms with Crippen molar-refractivity contribution in [2.24, 2.45) is 0 Å². The zero-order valence-electron chi connectivity index (χ0n) is 15.5. The van der Waals surface area contributed by atoms with Crippen LogP contribution in [0.25, 0.3) is 10.9 Å². The Morgan fingerprint density at radius 3 is 2.41 bits per heavy atom. The van der Waals surface area contributed by atoms with Crippen molar-refractivity contribution in [3.8, 4) is 0 Å². The van der Waals surface area contributed by atoms with Gasteiger partial charge in [0.05, 0.1) is 9.35 Å². The molecule has 0 bridgehead atoms. The molecule has 0 atom stereocenters. The standard InChI is InChI=1S/C19H18BrN3O4S2/c1-12-17(13-4-2-3-5-14(13)21-12)18(24)19(25)22-8-10-23(11-9-22)29(26,27)16-7-6-15(20)28-16/h2-7,21H,8-11H2,1H3. The molecule has 3 heterocycles. The van der Waals surface area contributed by atoms with Crippen LogP contribution in [-0.4, -0.2) is 60.5 Å². The first-order chi connectivity index (χ1) is 13.8. The van der Waals surface area contributed by atoms with Crippen molar-refractivity contribution in [1.82, 2.24) is 14.2 Å². The average Bonchev–Trinajstić information content (AvgIpc) is 3.29. The van der Waals surface area contributed by atoms with E-state index < -0.39 is 21.7 Å². The summed E-state index contributed by atoms with van der Waals surface area (Å²) in [4.78, 5) is 30.3. The third kappa shape index (κ3) is 3.65. The maximum absolute atomic E-state index is 12.9. The summed E-state index contributed by atoms with van der Waals surface area (Å²) >= 11 is 4.43. The molecule has 3 aromatic rings. The van der Waals surface area contributed by atoms with Gasteiger partial charge in [-0.3, -0.25) is 9.59 Å². The molecule has 1 aromatic carbocycles. The van der Waals surface area contributed by atoms with Crippen molar-refractivity contribution >= 4 is 59.9 Å². The molecule has 0 saturated carbocycles. The third-order valence-electron chi connectivity index (χ3n) is 4.98. The second-order valence-corrected chi connectivity index (χ2v) is 11.4. The lowest BCUT2D eigenvalue weighted by Gasteiger charge is -2.33. The summed E-state index contributed by atoms with van der Waals surface area (Å²) in [7, 11) is -3.60. The number of nitrogens with zero attached hydrogens (tertiary/aromatic N) is 2. The number of aromatic amines is 1. The van der Waals surface area contributed by atoms with E-state index in [1.807, 2.05) is 24.3 Å². The van der Waals surface area contributed by atoms with Gasteiger partial charge in [0.25, 0.3) is 21.7 Å². The lowest BCUT2D eigenvalue weighted by atomic mass is 10.1. The topological polar surface area (TPSA) is 90.6 Å². The van der Waals surface area contributed by atoms with E-state index in [0.29, 0.717) is 16.6 Å². The van der Waals surface area contributed by atoms with E-state index >= 15 is 0 Å². The number of amides is 1. The van der Waals surface area contributed by atoms with Gasteiger partial charge < -0.3 is 9.88 Å². The minimum atomic E-state index is -3.60. The Bertz CT molecular complexity index is 1210. The molecule has 10 heteroatoms. The highest BCUT2D eigenvalue weighted by molar-refractivity contribution is 9.11. The van der Waals surface area contributed by atoms with E-state index in [4.69, 9.17) is 0 Å². The number of hydrogen-bond acceptors (Lipinski definition) is 5. The molecule has 1 saturated heterocycles. The largest absolute Gasteiger partial charge is 0.358 e. The molecule has 1 N–H and O–H groups in total. The maximum Gasteiger partial charge on any atom is 0.295 e. The number of carbonyl (C=O) groups is 2. The molecular weight excluding hydrogens is 478 g/mol. The molecule has 0 aliphatic carbocycles. The van der Waals surface area contributed by atoms with E-state index in [1.54, 1.807) is 19.1 Å². The maximum atomic E-state index is 12.9. The van der Waals surface area contributed by atoms with Crippen molar-refractivity contribution in [2.75, 3.05) is 26.2 Å². The molecule has 0 radical (unpaired) electrons. The van der Waals surface area contributed by atoms with Crippen molar-refractivity contribution in [3.63, 3.8) is 0 Å². The fraction of sp³-hybridized carbons (Fsp3) is 0.263. The number of Topliss-reactive ketones (excluding diaryl/α,β-unsaturated/α-hetero) is 1. The normalized spacial score (nSPS) is 15.7. The second kappa shape index (κ2) is 7.67. The number of aromatic nitrogens is 1. The molecule has 29 heavy (non-hydrogen) atoms. The zero-order chi connectivity index (χ0) is 20.8. The van der Waals surface area contributed by atoms with Crippen LogP contribution >= 0.6 is 27.3 Å². The summed E-state index contributed by atoms with van der Waals surface area (Å²) in [6.07, 6.45) is 0. The van der Waals surface area contributed by atoms with Crippen LogP contribution in [0, 0.1) is 6.92 Å². The monoisotopic (exact) mass is 495 g/mol. The van der Waals surface area contributed by atoms with E-state index in [1.165, 1.54) is 9.21 Å². The number of nitrogens with one attached hydrogen (secondary N) is 1. The summed E-state index contributed by atoms with van der Waals surface area (Å²) in [6, 6.07) is 10.6. The molecule has 1 aliphatic rings. The number of para-hydroxylation sites is 1. The number of carbonyl (C=O) groups excluding carboxylic acids is 2. The van der Waals surface area contributed by atoms with Crippen molar-refractivity contribution < 1.29 is 18.0 Å². The molecule has 1 fully saturated rings. The summed E-state index contributed by atoms with van der Waals surface area (Å²) in [5.74, 6) is -1.17. The lowest BCUT2D eigenvalue weighted by Crippen LogP contribution is -2.52. The molecule has 0 unspecified atom stereocenters. The smallest absolute Gasteiger partial charge is 0.295 e. The molecule has 2 aromatic heterocycles. The van der Waals surface area contributed by atoms with Gasteiger partial charge in [0.1, 0.15) is 4.21 Å². The van der Waals surface area contributed by atoms with Gasteiger partial charge in [-0.15, -0.1) is 11.3 Å². The molecule has 1 amide bonds. The number of ketones is 1. The Balaban J connectivity index is 1.49. The number of benzene rings is 1. The van der Waals surface area contributed by atoms with Gasteiger partial charge in [0.2, 0.25) is 0 Å². The summed E-state index contributed by atoms with van der Waals surface area (Å²) in [6.45, 7) is 2.44. The molecule has 1 aliphatic heterocycles. The van der Waals surface area contributed by atoms with Crippen molar-refractivity contribution in [2.45, 2.75) is 11.1 Å². The van der Waals surface area contributed by atoms with Crippen LogP contribution in [0.2, 0.25) is 0 Å². The van der Waals surface area contributed by atoms with Gasteiger partial charge in [-0.2, -0.15) is 4.31 Å². The van der Waals surface area contributed by atoms with E-state index in [2.05, 4.69) is 20.9 Å². The predicted molar refractivity (Wildman–Crippen MR) is 115 cm³/mol. The average molecular weight is 496 g/mol. The van der Waals surface area contributed by atoms with Gasteiger partial charge in [-0.1, -0.05) is 18.2 Å². The molecule has 4 rings (SSSR count). The van der Waals surface area contributed by atoms with Crippen LogP contribution in [-0.2, 0) is 14.8 Å². The number of fused-ring (bicyclic) bond motifs is 1. The van der Waals surface area contributed by atoms with E-state index in [-0.39, 0.29) is 30.4 Å². The van der Waals surface area contributed by atoms with Crippen LogP contribution in [0.15, 0.2) is 44.4 Å². The highest BCUT2D eigenvalue weighted by Gasteiger charge is 2.34. The number of aryl methyl sites for hydroxylation is 1. The summed E-state index contributed by atoms with van der Waals surface area (Å²) < 4.78 is 27.8. The Hall–Kier alpha value is -2.01. The number of sulfonamides is 1. The van der Waals surface area contributed by atoms with Gasteiger partial charge in [-0.05, 0) is 41.1 Å². The number of hydrogen-bond donors (Lipinski definition) is 1. The Kier molecular flexibility index (Phi) is 5.36. The SMILES string of the molecule is Cc1[nH]c2ccccc2c1C(=O)C(=O)N1CCN(S(=O)(=O)c2ccc(Br)s2)CC1. The Morgan fingerprint density at radius 2 is 1.76 bits per heavy atom. The van der Waals surface area contributed by atoms with Crippen LogP contribution in [0.1, 0.15) is 16.1 Å². The number of H-pyrrole nitrogens is 1. The quantitative estimate of drug-likeness (QED) is 0.444. The van der Waals surface area contributed by atoms with Crippen LogP contribution in [0.3, 0.4) is 0 Å². The first-order valence-electron chi connectivity index (χ1n) is 8.95. The number of piperazine rings is 1. The first kappa shape index (κ1) is 20.3. The third-order valence-corrected chi connectivity index (χ3v) is 8.97. The Labute approximate surface area is 180 Å².